The van der Waals surface area contributed by atoms with Gasteiger partial charge in [0.2, 0.25) is 11.8 Å². The van der Waals surface area contributed by atoms with Crippen molar-refractivity contribution in [1.82, 2.24) is 20.1 Å². The normalized spacial score (nSPS) is 16.5. The summed E-state index contributed by atoms with van der Waals surface area (Å²) in [5.74, 6) is -4.04. The lowest BCUT2D eigenvalue weighted by Gasteiger charge is -2.33. The van der Waals surface area contributed by atoms with E-state index >= 15 is 0 Å². The zero-order valence-electron chi connectivity index (χ0n) is 20.0. The molecule has 1 aliphatic carbocycles. The van der Waals surface area contributed by atoms with Crippen LogP contribution in [0.25, 0.3) is 11.1 Å². The molecule has 9 heteroatoms. The Morgan fingerprint density at radius 3 is 2.43 bits per heavy atom. The van der Waals surface area contributed by atoms with E-state index in [4.69, 9.17) is 0 Å². The lowest BCUT2D eigenvalue weighted by atomic mass is 9.81. The first-order valence-electron chi connectivity index (χ1n) is 11.6. The Hall–Kier alpha value is -3.62. The van der Waals surface area contributed by atoms with Crippen molar-refractivity contribution in [2.45, 2.75) is 51.5 Å². The van der Waals surface area contributed by atoms with E-state index < -0.39 is 29.7 Å². The molecular formula is C26H29F2N5O2. The summed E-state index contributed by atoms with van der Waals surface area (Å²) in [5, 5.41) is 9.60. The smallest absolute Gasteiger partial charge is 0.270 e. The van der Waals surface area contributed by atoms with Crippen molar-refractivity contribution in [1.29, 1.82) is 0 Å². The van der Waals surface area contributed by atoms with Crippen LogP contribution in [0.3, 0.4) is 0 Å². The number of nitrogens with zero attached hydrogens (tertiary/aromatic N) is 3. The SMILES string of the molecule is Cc1cnc(C)c(-c2ccc(NC(=O)[C@@H](NC(=O)c3ccnn3C)C3CCC(F)(F)CC3)cc2)c1. The van der Waals surface area contributed by atoms with Gasteiger partial charge in [-0.25, -0.2) is 8.78 Å². The van der Waals surface area contributed by atoms with Crippen LogP contribution < -0.4 is 10.6 Å². The molecule has 2 aromatic heterocycles. The van der Waals surface area contributed by atoms with E-state index in [9.17, 15) is 18.4 Å². The number of alkyl halides is 2. The predicted octanol–water partition coefficient (Wildman–Crippen LogP) is 4.66. The largest absolute Gasteiger partial charge is 0.339 e. The molecule has 3 aromatic rings. The highest BCUT2D eigenvalue weighted by molar-refractivity contribution is 6.00. The fourth-order valence-electron chi connectivity index (χ4n) is 4.49. The molecule has 0 radical (unpaired) electrons. The maximum absolute atomic E-state index is 13.8. The van der Waals surface area contributed by atoms with E-state index in [-0.39, 0.29) is 31.4 Å². The van der Waals surface area contributed by atoms with Crippen LogP contribution in [0.5, 0.6) is 0 Å². The summed E-state index contributed by atoms with van der Waals surface area (Å²) < 4.78 is 28.9. The fraction of sp³-hybridized carbons (Fsp3) is 0.385. The third kappa shape index (κ3) is 5.72. The van der Waals surface area contributed by atoms with Gasteiger partial charge in [0.15, 0.2) is 0 Å². The average molecular weight is 482 g/mol. The number of hydrogen-bond acceptors (Lipinski definition) is 4. The Kier molecular flexibility index (Phi) is 6.95. The van der Waals surface area contributed by atoms with Gasteiger partial charge in [-0.3, -0.25) is 19.3 Å². The van der Waals surface area contributed by atoms with Crippen molar-refractivity contribution >= 4 is 17.5 Å². The number of pyridine rings is 1. The van der Waals surface area contributed by atoms with Crippen molar-refractivity contribution in [2.24, 2.45) is 13.0 Å². The monoisotopic (exact) mass is 481 g/mol. The first-order valence-corrected chi connectivity index (χ1v) is 11.6. The first-order chi connectivity index (χ1) is 16.6. The second-order valence-electron chi connectivity index (χ2n) is 9.20. The number of aryl methyl sites for hydroxylation is 3. The molecule has 1 aliphatic rings. The molecule has 1 atom stereocenters. The minimum absolute atomic E-state index is 0.148. The van der Waals surface area contributed by atoms with Gasteiger partial charge in [-0.1, -0.05) is 12.1 Å². The number of carbonyl (C=O) groups is 2. The van der Waals surface area contributed by atoms with Gasteiger partial charge in [-0.05, 0) is 68.0 Å². The molecule has 4 rings (SSSR count). The van der Waals surface area contributed by atoms with Crippen LogP contribution in [0.2, 0.25) is 0 Å². The maximum Gasteiger partial charge on any atom is 0.270 e. The van der Waals surface area contributed by atoms with E-state index in [1.54, 1.807) is 25.2 Å². The zero-order valence-corrected chi connectivity index (χ0v) is 20.0. The number of benzene rings is 1. The van der Waals surface area contributed by atoms with Crippen molar-refractivity contribution in [2.75, 3.05) is 5.32 Å². The molecule has 7 nitrogen and oxygen atoms in total. The number of nitrogens with one attached hydrogen (secondary N) is 2. The minimum Gasteiger partial charge on any atom is -0.339 e. The predicted molar refractivity (Wildman–Crippen MR) is 129 cm³/mol. The highest BCUT2D eigenvalue weighted by atomic mass is 19.3. The molecule has 2 heterocycles. The van der Waals surface area contributed by atoms with E-state index in [1.807, 2.05) is 32.2 Å². The second-order valence-corrected chi connectivity index (χ2v) is 9.20. The first kappa shape index (κ1) is 24.5. The Labute approximate surface area is 202 Å². The molecule has 184 valence electrons. The fourth-order valence-corrected chi connectivity index (χ4v) is 4.49. The summed E-state index contributed by atoms with van der Waals surface area (Å²) in [5.41, 5.74) is 4.76. The lowest BCUT2D eigenvalue weighted by molar-refractivity contribution is -0.121. The van der Waals surface area contributed by atoms with Gasteiger partial charge in [0.1, 0.15) is 11.7 Å². The average Bonchev–Trinajstić information content (AvgIpc) is 3.26. The number of carbonyl (C=O) groups excluding carboxylic acids is 2. The number of halogens is 2. The van der Waals surface area contributed by atoms with E-state index in [2.05, 4.69) is 26.8 Å². The van der Waals surface area contributed by atoms with E-state index in [1.165, 1.54) is 10.9 Å². The van der Waals surface area contributed by atoms with Crippen LogP contribution in [-0.4, -0.2) is 38.5 Å². The molecule has 1 fully saturated rings. The molecule has 0 saturated heterocycles. The topological polar surface area (TPSA) is 88.9 Å². The number of aromatic nitrogens is 3. The molecule has 2 amide bonds. The van der Waals surface area contributed by atoms with Gasteiger partial charge in [-0.15, -0.1) is 0 Å². The molecule has 1 saturated carbocycles. The van der Waals surface area contributed by atoms with E-state index in [0.717, 1.165) is 22.4 Å². The summed E-state index contributed by atoms with van der Waals surface area (Å²) in [6, 6.07) is 10.00. The van der Waals surface area contributed by atoms with Gasteiger partial charge >= 0.3 is 0 Å². The van der Waals surface area contributed by atoms with Crippen molar-refractivity contribution in [3.63, 3.8) is 0 Å². The highest BCUT2D eigenvalue weighted by Gasteiger charge is 2.40. The van der Waals surface area contributed by atoms with Gasteiger partial charge < -0.3 is 10.6 Å². The van der Waals surface area contributed by atoms with Crippen LogP contribution in [0.1, 0.15) is 47.4 Å². The Morgan fingerprint density at radius 1 is 1.11 bits per heavy atom. The molecule has 0 spiro atoms. The van der Waals surface area contributed by atoms with Crippen LogP contribution in [-0.2, 0) is 11.8 Å². The minimum atomic E-state index is -2.73. The summed E-state index contributed by atoms with van der Waals surface area (Å²) >= 11 is 0. The van der Waals surface area contributed by atoms with Crippen LogP contribution in [0.15, 0.2) is 48.8 Å². The molecule has 0 bridgehead atoms. The van der Waals surface area contributed by atoms with Crippen molar-refractivity contribution in [3.8, 4) is 11.1 Å². The lowest BCUT2D eigenvalue weighted by Crippen LogP contribution is -2.50. The Balaban J connectivity index is 1.52. The van der Waals surface area contributed by atoms with Crippen LogP contribution in [0.4, 0.5) is 14.5 Å². The molecule has 1 aromatic carbocycles. The standard InChI is InChI=1S/C26H29F2N5O2/c1-16-14-21(17(2)29-15-16)18-4-6-20(7-5-18)31-25(35)23(19-8-11-26(27,28)12-9-19)32-24(34)22-10-13-30-33(22)3/h4-7,10,13-15,19,23H,8-9,11-12H2,1-3H3,(H,31,35)(H,32,34)/t23-/m0/s1. The molecule has 35 heavy (non-hydrogen) atoms. The van der Waals surface area contributed by atoms with Gasteiger partial charge in [-0.2, -0.15) is 5.10 Å². The highest BCUT2D eigenvalue weighted by Crippen LogP contribution is 2.38. The van der Waals surface area contributed by atoms with E-state index in [0.29, 0.717) is 5.69 Å². The molecular weight excluding hydrogens is 452 g/mol. The maximum atomic E-state index is 13.8. The van der Waals surface area contributed by atoms with Gasteiger partial charge in [0.25, 0.3) is 5.91 Å². The summed E-state index contributed by atoms with van der Waals surface area (Å²) in [6.07, 6.45) is 2.99. The van der Waals surface area contributed by atoms with Crippen molar-refractivity contribution < 1.29 is 18.4 Å². The zero-order chi connectivity index (χ0) is 25.2. The van der Waals surface area contributed by atoms with Crippen LogP contribution >= 0.6 is 0 Å². The third-order valence-corrected chi connectivity index (χ3v) is 6.54. The molecule has 0 aliphatic heterocycles. The quantitative estimate of drug-likeness (QED) is 0.536. The number of anilines is 1. The number of rotatable bonds is 6. The summed E-state index contributed by atoms with van der Waals surface area (Å²) in [7, 11) is 1.62. The Bertz CT molecular complexity index is 1210. The Morgan fingerprint density at radius 2 is 1.80 bits per heavy atom. The van der Waals surface area contributed by atoms with Crippen molar-refractivity contribution in [3.05, 3.63) is 65.7 Å². The summed E-state index contributed by atoms with van der Waals surface area (Å²) in [4.78, 5) is 30.5. The number of amides is 2. The molecule has 2 N–H and O–H groups in total. The van der Waals surface area contributed by atoms with Gasteiger partial charge in [0.05, 0.1) is 0 Å². The second kappa shape index (κ2) is 9.93. The number of hydrogen-bond donors (Lipinski definition) is 2. The molecule has 0 unspecified atom stereocenters. The summed E-state index contributed by atoms with van der Waals surface area (Å²) in [6.45, 7) is 3.92. The third-order valence-electron chi connectivity index (χ3n) is 6.54. The van der Waals surface area contributed by atoms with Gasteiger partial charge in [0, 0.05) is 49.2 Å². The van der Waals surface area contributed by atoms with Crippen LogP contribution in [0, 0.1) is 19.8 Å².